The molecule has 182 valence electrons. The Morgan fingerprint density at radius 2 is 0.767 bits per heavy atom. The summed E-state index contributed by atoms with van der Waals surface area (Å²) in [6.45, 7) is 14.5. The molecule has 0 spiro atoms. The molecule has 0 aromatic carbocycles. The number of rotatable bonds is 18. The maximum absolute atomic E-state index is 8.74. The topological polar surface area (TPSA) is 74.6 Å². The SMILES string of the molecule is CCCC[C](CCC)(CCCC)[Sn][C](CCC)(CCCC)CCCC.O=S(=O)(O)O. The van der Waals surface area contributed by atoms with E-state index in [0.29, 0.717) is 0 Å². The van der Waals surface area contributed by atoms with Crippen LogP contribution in [0, 0.1) is 0 Å². The largest absolute Gasteiger partial charge is 0.394 e. The molecule has 6 heteroatoms. The van der Waals surface area contributed by atoms with E-state index in [1.165, 1.54) is 64.2 Å². The van der Waals surface area contributed by atoms with Crippen LogP contribution in [0.25, 0.3) is 0 Å². The van der Waals surface area contributed by atoms with Gasteiger partial charge in [-0.25, -0.2) is 0 Å². The molecule has 0 aromatic heterocycles. The van der Waals surface area contributed by atoms with Gasteiger partial charge in [0.05, 0.1) is 0 Å². The van der Waals surface area contributed by atoms with E-state index < -0.39 is 31.5 Å². The Balaban J connectivity index is 0. The summed E-state index contributed by atoms with van der Waals surface area (Å²) in [6, 6.07) is 0. The van der Waals surface area contributed by atoms with Crippen LogP contribution in [0.15, 0.2) is 0 Å². The van der Waals surface area contributed by atoms with Crippen LogP contribution in [0.4, 0.5) is 0 Å². The van der Waals surface area contributed by atoms with Crippen molar-refractivity contribution in [1.82, 2.24) is 0 Å². The summed E-state index contributed by atoms with van der Waals surface area (Å²) in [7, 11) is -4.67. The van der Waals surface area contributed by atoms with Gasteiger partial charge in [0.15, 0.2) is 0 Å². The Morgan fingerprint density at radius 3 is 0.933 bits per heavy atom. The first-order valence-corrected chi connectivity index (χ1v) is 16.8. The standard InChI is InChI=1S/2C12H25.H2O4S.Sn/c2*1-4-7-10-12(9-6-3)11-8-5-2;1-5(2,3)4;/h2*4-11H2,1-3H3;(H2,1,2,3,4);. The van der Waals surface area contributed by atoms with Crippen molar-refractivity contribution in [3.8, 4) is 0 Å². The van der Waals surface area contributed by atoms with Crippen molar-refractivity contribution >= 4 is 31.5 Å². The van der Waals surface area contributed by atoms with Gasteiger partial charge in [0, 0.05) is 0 Å². The van der Waals surface area contributed by atoms with Crippen molar-refractivity contribution in [2.75, 3.05) is 0 Å². The van der Waals surface area contributed by atoms with E-state index in [9.17, 15) is 0 Å². The van der Waals surface area contributed by atoms with E-state index in [2.05, 4.69) is 41.5 Å². The van der Waals surface area contributed by atoms with Gasteiger partial charge >= 0.3 is 183 Å². The predicted octanol–water partition coefficient (Wildman–Crippen LogP) is 8.72. The molecule has 0 aromatic rings. The number of hydrogen-bond donors (Lipinski definition) is 2. The fourth-order valence-corrected chi connectivity index (χ4v) is 13.5. The van der Waals surface area contributed by atoms with E-state index >= 15 is 0 Å². The van der Waals surface area contributed by atoms with Gasteiger partial charge in [-0.1, -0.05) is 0 Å². The fraction of sp³-hybridized carbons (Fsp3) is 1.00. The molecule has 0 atom stereocenters. The molecule has 0 bridgehead atoms. The molecule has 0 amide bonds. The Hall–Kier alpha value is 0.669. The van der Waals surface area contributed by atoms with E-state index in [0.717, 1.165) is 6.86 Å². The third-order valence-electron chi connectivity index (χ3n) is 6.02. The third-order valence-corrected chi connectivity index (χ3v) is 13.3. The molecule has 0 heterocycles. The van der Waals surface area contributed by atoms with E-state index in [-0.39, 0.29) is 0 Å². The molecule has 0 fully saturated rings. The zero-order chi connectivity index (χ0) is 23.5. The molecule has 0 saturated heterocycles. The van der Waals surface area contributed by atoms with Crippen LogP contribution >= 0.6 is 0 Å². The van der Waals surface area contributed by atoms with Gasteiger partial charge in [-0.15, -0.1) is 0 Å². The van der Waals surface area contributed by atoms with Crippen LogP contribution in [-0.2, 0) is 10.4 Å². The molecule has 0 saturated carbocycles. The smallest absolute Gasteiger partial charge is 0.264 e. The monoisotopic (exact) mass is 556 g/mol. The summed E-state index contributed by atoms with van der Waals surface area (Å²) < 4.78 is 33.2. The fourth-order valence-electron chi connectivity index (χ4n) is 4.71. The van der Waals surface area contributed by atoms with Gasteiger partial charge in [0.25, 0.3) is 0 Å². The second-order valence-electron chi connectivity index (χ2n) is 9.05. The van der Waals surface area contributed by atoms with E-state index in [4.69, 9.17) is 17.5 Å². The molecule has 4 nitrogen and oxygen atoms in total. The van der Waals surface area contributed by atoms with Gasteiger partial charge < -0.3 is 0 Å². The van der Waals surface area contributed by atoms with Crippen molar-refractivity contribution in [1.29, 1.82) is 0 Å². The van der Waals surface area contributed by atoms with Crippen molar-refractivity contribution in [3.05, 3.63) is 0 Å². The van der Waals surface area contributed by atoms with Crippen molar-refractivity contribution in [2.24, 2.45) is 0 Å². The van der Waals surface area contributed by atoms with Crippen LogP contribution in [-0.4, -0.2) is 38.7 Å². The summed E-state index contributed by atoms with van der Waals surface area (Å²) in [4.78, 5) is 0. The normalized spacial score (nSPS) is 12.5. The zero-order valence-electron chi connectivity index (χ0n) is 20.9. The summed E-state index contributed by atoms with van der Waals surface area (Å²) in [6.07, 6.45) is 23.7. The average Bonchev–Trinajstić information content (AvgIpc) is 2.67. The first-order valence-electron chi connectivity index (χ1n) is 12.6. The third kappa shape index (κ3) is 18.3. The minimum Gasteiger partial charge on any atom is -0.264 e. The van der Waals surface area contributed by atoms with Crippen molar-refractivity contribution in [2.45, 2.75) is 151 Å². The number of unbranched alkanes of at least 4 members (excludes halogenated alkanes) is 4. The van der Waals surface area contributed by atoms with Crippen LogP contribution in [0.1, 0.15) is 144 Å². The molecule has 0 aliphatic rings. The molecule has 2 N–H and O–H groups in total. The predicted molar refractivity (Wildman–Crippen MR) is 133 cm³/mol. The molecule has 2 radical (unpaired) electrons. The molecule has 0 unspecified atom stereocenters. The maximum Gasteiger partial charge on any atom is 0.394 e. The van der Waals surface area contributed by atoms with E-state index in [1.54, 1.807) is 38.5 Å². The molecule has 0 aliphatic carbocycles. The minimum absolute atomic E-state index is 0.438. The molecular weight excluding hydrogens is 503 g/mol. The van der Waals surface area contributed by atoms with Gasteiger partial charge in [-0.05, 0) is 0 Å². The van der Waals surface area contributed by atoms with Crippen molar-refractivity contribution < 1.29 is 17.5 Å². The Kier molecular flexibility index (Phi) is 21.0. The molecular formula is C24H52O4SSn. The Morgan fingerprint density at radius 1 is 0.533 bits per heavy atom. The first kappa shape index (κ1) is 32.8. The van der Waals surface area contributed by atoms with Crippen LogP contribution < -0.4 is 0 Å². The van der Waals surface area contributed by atoms with Gasteiger partial charge in [-0.3, -0.25) is 9.11 Å². The minimum atomic E-state index is -4.67. The molecule has 0 aliphatic heterocycles. The van der Waals surface area contributed by atoms with Crippen LogP contribution in [0.2, 0.25) is 6.86 Å². The van der Waals surface area contributed by atoms with Gasteiger partial charge in [-0.2, -0.15) is 8.42 Å². The first-order chi connectivity index (χ1) is 14.1. The maximum atomic E-state index is 8.74. The Labute approximate surface area is 199 Å². The second-order valence-corrected chi connectivity index (χ2v) is 16.7. The summed E-state index contributed by atoms with van der Waals surface area (Å²) in [5.41, 5.74) is 0. The summed E-state index contributed by atoms with van der Waals surface area (Å²) >= 11 is -0.438. The molecule has 0 rings (SSSR count). The number of hydrogen-bond acceptors (Lipinski definition) is 2. The Bertz CT molecular complexity index is 428. The second kappa shape index (κ2) is 19.2. The van der Waals surface area contributed by atoms with Crippen LogP contribution in [0.5, 0.6) is 0 Å². The average molecular weight is 555 g/mol. The van der Waals surface area contributed by atoms with Crippen molar-refractivity contribution in [3.63, 3.8) is 0 Å². The summed E-state index contributed by atoms with van der Waals surface area (Å²) in [5, 5.41) is 0. The molecule has 30 heavy (non-hydrogen) atoms. The van der Waals surface area contributed by atoms with Gasteiger partial charge in [0.2, 0.25) is 0 Å². The zero-order valence-corrected chi connectivity index (χ0v) is 24.6. The summed E-state index contributed by atoms with van der Waals surface area (Å²) in [5.74, 6) is 0. The van der Waals surface area contributed by atoms with Gasteiger partial charge in [0.1, 0.15) is 0 Å². The van der Waals surface area contributed by atoms with E-state index in [1.807, 2.05) is 0 Å². The van der Waals surface area contributed by atoms with Crippen LogP contribution in [0.3, 0.4) is 0 Å². The quantitative estimate of drug-likeness (QED) is 0.131.